The third kappa shape index (κ3) is 8.05. The maximum atomic E-state index is 12.1. The number of carbonyl (C=O) groups is 2. The van der Waals surface area contributed by atoms with Gasteiger partial charge in [-0.25, -0.2) is 0 Å². The third-order valence-electron chi connectivity index (χ3n) is 3.70. The second kappa shape index (κ2) is 9.77. The van der Waals surface area contributed by atoms with E-state index in [1.54, 1.807) is 6.92 Å². The highest BCUT2D eigenvalue weighted by atomic mass is 16.5. The molecule has 1 rings (SSSR count). The van der Waals surface area contributed by atoms with Crippen molar-refractivity contribution in [1.82, 2.24) is 10.2 Å². The summed E-state index contributed by atoms with van der Waals surface area (Å²) in [6.07, 6.45) is 6.69. The first kappa shape index (κ1) is 18.0. The first-order valence-electron chi connectivity index (χ1n) is 8.25. The molecule has 0 saturated heterocycles. The summed E-state index contributed by atoms with van der Waals surface area (Å²) < 4.78 is 4.97. The molecule has 1 fully saturated rings. The lowest BCUT2D eigenvalue weighted by atomic mass is 10.1. The van der Waals surface area contributed by atoms with Gasteiger partial charge in [-0.1, -0.05) is 26.2 Å². The molecule has 5 nitrogen and oxygen atoms in total. The molecule has 122 valence electrons. The number of hydrogen-bond donors (Lipinski definition) is 1. The summed E-state index contributed by atoms with van der Waals surface area (Å²) in [7, 11) is 0. The van der Waals surface area contributed by atoms with Crippen molar-refractivity contribution in [2.24, 2.45) is 0 Å². The van der Waals surface area contributed by atoms with Gasteiger partial charge in [0.1, 0.15) is 0 Å². The van der Waals surface area contributed by atoms with Crippen LogP contribution in [0.2, 0.25) is 0 Å². The van der Waals surface area contributed by atoms with E-state index < -0.39 is 0 Å². The molecule has 0 heterocycles. The van der Waals surface area contributed by atoms with E-state index in [1.165, 1.54) is 12.8 Å². The molecule has 0 radical (unpaired) electrons. The Labute approximate surface area is 128 Å². The van der Waals surface area contributed by atoms with Crippen LogP contribution in [0.4, 0.5) is 0 Å². The Morgan fingerprint density at radius 1 is 1.24 bits per heavy atom. The number of nitrogens with one attached hydrogen (secondary N) is 1. The minimum absolute atomic E-state index is 0.00944. The van der Waals surface area contributed by atoms with Gasteiger partial charge in [0.25, 0.3) is 0 Å². The van der Waals surface area contributed by atoms with E-state index >= 15 is 0 Å². The highest BCUT2D eigenvalue weighted by Gasteiger charge is 2.32. The Kier molecular flexibility index (Phi) is 8.35. The van der Waals surface area contributed by atoms with Crippen molar-refractivity contribution in [3.63, 3.8) is 0 Å². The van der Waals surface area contributed by atoms with Crippen LogP contribution in [0.15, 0.2) is 0 Å². The molecule has 1 saturated carbocycles. The molecule has 1 atom stereocenters. The van der Waals surface area contributed by atoms with E-state index in [0.717, 1.165) is 25.7 Å². The molecular weight excluding hydrogens is 268 g/mol. The van der Waals surface area contributed by atoms with Gasteiger partial charge in [0.05, 0.1) is 19.7 Å². The molecule has 0 aromatic heterocycles. The van der Waals surface area contributed by atoms with E-state index in [0.29, 0.717) is 19.2 Å². The molecule has 0 aromatic rings. The van der Waals surface area contributed by atoms with Gasteiger partial charge < -0.3 is 10.1 Å². The van der Waals surface area contributed by atoms with Crippen LogP contribution in [0, 0.1) is 0 Å². The summed E-state index contributed by atoms with van der Waals surface area (Å²) in [4.78, 5) is 25.6. The summed E-state index contributed by atoms with van der Waals surface area (Å²) in [5.74, 6) is -0.233. The second-order valence-electron chi connectivity index (χ2n) is 5.91. The van der Waals surface area contributed by atoms with E-state index in [1.807, 2.05) is 11.8 Å². The number of carbonyl (C=O) groups excluding carboxylic acids is 2. The molecule has 1 aliphatic carbocycles. The zero-order valence-electron chi connectivity index (χ0n) is 13.7. The zero-order valence-corrected chi connectivity index (χ0v) is 13.7. The third-order valence-corrected chi connectivity index (χ3v) is 3.70. The van der Waals surface area contributed by atoms with Crippen LogP contribution in [0.3, 0.4) is 0 Å². The normalized spacial score (nSPS) is 15.8. The minimum atomic E-state index is -0.242. The fourth-order valence-electron chi connectivity index (χ4n) is 2.40. The van der Waals surface area contributed by atoms with Gasteiger partial charge in [0, 0.05) is 12.1 Å². The molecule has 0 bridgehead atoms. The smallest absolute Gasteiger partial charge is 0.320 e. The van der Waals surface area contributed by atoms with Gasteiger partial charge in [-0.15, -0.1) is 0 Å². The molecular formula is C16H30N2O3. The summed E-state index contributed by atoms with van der Waals surface area (Å²) in [6, 6.07) is 0.572. The van der Waals surface area contributed by atoms with Gasteiger partial charge in [-0.05, 0) is 33.1 Å². The van der Waals surface area contributed by atoms with E-state index in [-0.39, 0.29) is 24.5 Å². The Bertz CT molecular complexity index is 329. The van der Waals surface area contributed by atoms with Crippen molar-refractivity contribution in [3.05, 3.63) is 0 Å². The molecule has 0 spiro atoms. The number of nitrogens with zero attached hydrogens (tertiary/aromatic N) is 1. The first-order valence-corrected chi connectivity index (χ1v) is 8.25. The molecule has 21 heavy (non-hydrogen) atoms. The Hall–Kier alpha value is -1.10. The molecule has 1 amide bonds. The van der Waals surface area contributed by atoms with Crippen LogP contribution < -0.4 is 5.32 Å². The Morgan fingerprint density at radius 2 is 1.95 bits per heavy atom. The predicted octanol–water partition coefficient (Wildman–Crippen LogP) is 2.10. The number of rotatable bonds is 11. The van der Waals surface area contributed by atoms with Crippen molar-refractivity contribution in [1.29, 1.82) is 0 Å². The highest BCUT2D eigenvalue weighted by Crippen LogP contribution is 2.26. The summed E-state index contributed by atoms with van der Waals surface area (Å²) in [5.41, 5.74) is 0. The number of hydrogen-bond acceptors (Lipinski definition) is 4. The quantitative estimate of drug-likeness (QED) is 0.469. The van der Waals surface area contributed by atoms with Gasteiger partial charge in [-0.3, -0.25) is 14.5 Å². The van der Waals surface area contributed by atoms with E-state index in [4.69, 9.17) is 4.74 Å². The Morgan fingerprint density at radius 3 is 2.52 bits per heavy atom. The fraction of sp³-hybridized carbons (Fsp3) is 0.875. The van der Waals surface area contributed by atoms with Crippen molar-refractivity contribution in [3.8, 4) is 0 Å². The maximum absolute atomic E-state index is 12.1. The van der Waals surface area contributed by atoms with Crippen LogP contribution in [-0.4, -0.2) is 48.6 Å². The highest BCUT2D eigenvalue weighted by molar-refractivity contribution is 5.79. The molecule has 0 aliphatic heterocycles. The second-order valence-corrected chi connectivity index (χ2v) is 5.91. The number of ether oxygens (including phenoxy) is 1. The lowest BCUT2D eigenvalue weighted by Crippen LogP contribution is -2.44. The SMILES string of the molecule is CCCCCC(C)NC(=O)CN(CC(=O)OCC)C1CC1. The Balaban J connectivity index is 2.30. The van der Waals surface area contributed by atoms with Crippen molar-refractivity contribution in [2.45, 2.75) is 71.4 Å². The first-order chi connectivity index (χ1) is 10.1. The fourth-order valence-corrected chi connectivity index (χ4v) is 2.40. The average molecular weight is 298 g/mol. The van der Waals surface area contributed by atoms with Gasteiger partial charge >= 0.3 is 5.97 Å². The largest absolute Gasteiger partial charge is 0.465 e. The predicted molar refractivity (Wildman–Crippen MR) is 83.0 cm³/mol. The van der Waals surface area contributed by atoms with Gasteiger partial charge in [0.2, 0.25) is 5.91 Å². The van der Waals surface area contributed by atoms with Crippen LogP contribution in [0.5, 0.6) is 0 Å². The topological polar surface area (TPSA) is 58.6 Å². The molecule has 0 aromatic carbocycles. The summed E-state index contributed by atoms with van der Waals surface area (Å²) in [5, 5.41) is 3.02. The van der Waals surface area contributed by atoms with Crippen LogP contribution in [0.25, 0.3) is 0 Å². The monoisotopic (exact) mass is 298 g/mol. The van der Waals surface area contributed by atoms with Crippen LogP contribution in [-0.2, 0) is 14.3 Å². The number of esters is 1. The lowest BCUT2D eigenvalue weighted by Gasteiger charge is -2.21. The lowest BCUT2D eigenvalue weighted by molar-refractivity contribution is -0.144. The van der Waals surface area contributed by atoms with Crippen LogP contribution >= 0.6 is 0 Å². The zero-order chi connectivity index (χ0) is 15.7. The number of unbranched alkanes of at least 4 members (excludes halogenated alkanes) is 2. The van der Waals surface area contributed by atoms with E-state index in [2.05, 4.69) is 12.2 Å². The molecule has 1 aliphatic rings. The molecule has 1 unspecified atom stereocenters. The summed E-state index contributed by atoms with van der Waals surface area (Å²) >= 11 is 0. The average Bonchev–Trinajstić information content (AvgIpc) is 3.22. The van der Waals surface area contributed by atoms with Crippen molar-refractivity contribution >= 4 is 11.9 Å². The summed E-state index contributed by atoms with van der Waals surface area (Å²) in [6.45, 7) is 6.91. The van der Waals surface area contributed by atoms with Crippen LogP contribution in [0.1, 0.15) is 59.3 Å². The van der Waals surface area contributed by atoms with Gasteiger partial charge in [0.15, 0.2) is 0 Å². The minimum Gasteiger partial charge on any atom is -0.465 e. The van der Waals surface area contributed by atoms with E-state index in [9.17, 15) is 9.59 Å². The van der Waals surface area contributed by atoms with Gasteiger partial charge in [-0.2, -0.15) is 0 Å². The standard InChI is InChI=1S/C16H30N2O3/c1-4-6-7-8-13(3)17-15(19)11-18(14-9-10-14)12-16(20)21-5-2/h13-14H,4-12H2,1-3H3,(H,17,19). The maximum Gasteiger partial charge on any atom is 0.320 e. The number of amides is 1. The van der Waals surface area contributed by atoms with Crippen molar-refractivity contribution in [2.75, 3.05) is 19.7 Å². The van der Waals surface area contributed by atoms with Crippen molar-refractivity contribution < 1.29 is 14.3 Å². The molecule has 1 N–H and O–H groups in total. The molecule has 5 heteroatoms.